The highest BCUT2D eigenvalue weighted by atomic mass is 35.5. The van der Waals surface area contributed by atoms with Crippen molar-refractivity contribution in [3.05, 3.63) is 28.8 Å². The molecule has 114 valence electrons. The number of nitrogens with one attached hydrogen (secondary N) is 2. The first-order chi connectivity index (χ1) is 9.74. The Hall–Kier alpha value is -1.89. The fourth-order valence-corrected chi connectivity index (χ4v) is 2.27. The molecule has 5 nitrogen and oxygen atoms in total. The van der Waals surface area contributed by atoms with Crippen LogP contribution >= 0.6 is 11.6 Å². The molecule has 1 saturated carbocycles. The molecule has 1 aromatic rings. The maximum absolute atomic E-state index is 13.6. The Labute approximate surface area is 124 Å². The number of amides is 2. The molecule has 1 aliphatic carbocycles. The van der Waals surface area contributed by atoms with Crippen molar-refractivity contribution < 1.29 is 23.5 Å². The van der Waals surface area contributed by atoms with E-state index < -0.39 is 34.9 Å². The minimum Gasteiger partial charge on any atom is -0.480 e. The molecule has 1 aliphatic rings. The summed E-state index contributed by atoms with van der Waals surface area (Å²) < 4.78 is 26.5. The van der Waals surface area contributed by atoms with E-state index in [1.165, 1.54) is 6.92 Å². The predicted molar refractivity (Wildman–Crippen MR) is 72.3 cm³/mol. The molecule has 0 saturated heterocycles. The first-order valence-corrected chi connectivity index (χ1v) is 6.59. The van der Waals surface area contributed by atoms with Crippen LogP contribution in [0.5, 0.6) is 0 Å². The van der Waals surface area contributed by atoms with Crippen molar-refractivity contribution >= 4 is 29.3 Å². The van der Waals surface area contributed by atoms with E-state index in [1.807, 2.05) is 0 Å². The van der Waals surface area contributed by atoms with Gasteiger partial charge in [-0.25, -0.2) is 18.4 Å². The summed E-state index contributed by atoms with van der Waals surface area (Å²) in [5.74, 6) is -3.27. The van der Waals surface area contributed by atoms with E-state index in [2.05, 4.69) is 10.6 Å². The van der Waals surface area contributed by atoms with Crippen LogP contribution in [0.1, 0.15) is 19.8 Å². The lowest BCUT2D eigenvalue weighted by Gasteiger charge is -2.26. The van der Waals surface area contributed by atoms with Crippen molar-refractivity contribution in [1.29, 1.82) is 0 Å². The average Bonchev–Trinajstić information content (AvgIpc) is 3.17. The summed E-state index contributed by atoms with van der Waals surface area (Å²) in [6.07, 6.45) is 1.38. The van der Waals surface area contributed by atoms with Gasteiger partial charge in [-0.2, -0.15) is 0 Å². The van der Waals surface area contributed by atoms with Gasteiger partial charge in [0.2, 0.25) is 0 Å². The van der Waals surface area contributed by atoms with Gasteiger partial charge < -0.3 is 15.7 Å². The summed E-state index contributed by atoms with van der Waals surface area (Å²) in [4.78, 5) is 23.1. The number of hydrogen-bond donors (Lipinski definition) is 3. The molecule has 21 heavy (non-hydrogen) atoms. The number of aliphatic carboxylic acids is 1. The summed E-state index contributed by atoms with van der Waals surface area (Å²) in [7, 11) is 0. The third-order valence-corrected chi connectivity index (χ3v) is 3.75. The Morgan fingerprint density at radius 3 is 2.48 bits per heavy atom. The summed E-state index contributed by atoms with van der Waals surface area (Å²) in [6, 6.07) is 0.496. The molecule has 1 unspecified atom stereocenters. The van der Waals surface area contributed by atoms with Crippen LogP contribution in [0, 0.1) is 17.6 Å². The molecular weight excluding hydrogens is 306 g/mol. The van der Waals surface area contributed by atoms with Crippen LogP contribution in [0.15, 0.2) is 12.1 Å². The van der Waals surface area contributed by atoms with Gasteiger partial charge in [0.1, 0.15) is 11.4 Å². The fourth-order valence-electron chi connectivity index (χ4n) is 2.03. The minimum atomic E-state index is -1.44. The second-order valence-electron chi connectivity index (χ2n) is 5.11. The summed E-state index contributed by atoms with van der Waals surface area (Å²) in [5, 5.41) is 13.3. The Kier molecular flexibility index (Phi) is 4.04. The van der Waals surface area contributed by atoms with Crippen molar-refractivity contribution in [2.45, 2.75) is 25.3 Å². The minimum absolute atomic E-state index is 0.172. The molecule has 0 heterocycles. The molecule has 0 bridgehead atoms. The molecule has 0 aromatic heterocycles. The molecule has 1 aromatic carbocycles. The van der Waals surface area contributed by atoms with Gasteiger partial charge in [0.15, 0.2) is 5.82 Å². The van der Waals surface area contributed by atoms with Gasteiger partial charge in [0, 0.05) is 6.07 Å². The zero-order valence-corrected chi connectivity index (χ0v) is 11.8. The second-order valence-corrected chi connectivity index (χ2v) is 5.51. The Morgan fingerprint density at radius 2 is 2.00 bits per heavy atom. The lowest BCUT2D eigenvalue weighted by molar-refractivity contribution is -0.144. The van der Waals surface area contributed by atoms with E-state index in [-0.39, 0.29) is 10.9 Å². The van der Waals surface area contributed by atoms with Gasteiger partial charge in [0.25, 0.3) is 0 Å². The molecule has 2 rings (SSSR count). The SMILES string of the molecule is CC(NC(=O)Nc1c(F)cc(F)cc1Cl)(C(=O)O)C1CC1. The number of halogens is 3. The van der Waals surface area contributed by atoms with Crippen LogP contribution in [0.3, 0.4) is 0 Å². The fraction of sp³-hybridized carbons (Fsp3) is 0.385. The molecule has 1 fully saturated rings. The van der Waals surface area contributed by atoms with Gasteiger partial charge >= 0.3 is 12.0 Å². The van der Waals surface area contributed by atoms with Crippen LogP contribution in [0.2, 0.25) is 5.02 Å². The quantitative estimate of drug-likeness (QED) is 0.798. The highest BCUT2D eigenvalue weighted by Crippen LogP contribution is 2.39. The van der Waals surface area contributed by atoms with Crippen LogP contribution in [0.4, 0.5) is 19.3 Å². The lowest BCUT2D eigenvalue weighted by atomic mass is 9.96. The van der Waals surface area contributed by atoms with Crippen LogP contribution < -0.4 is 10.6 Å². The molecule has 0 radical (unpaired) electrons. The normalized spacial score (nSPS) is 17.0. The third kappa shape index (κ3) is 3.24. The Morgan fingerprint density at radius 1 is 1.38 bits per heavy atom. The van der Waals surface area contributed by atoms with Crippen LogP contribution in [-0.4, -0.2) is 22.6 Å². The number of benzene rings is 1. The van der Waals surface area contributed by atoms with Crippen molar-refractivity contribution in [3.8, 4) is 0 Å². The van der Waals surface area contributed by atoms with Gasteiger partial charge in [0.05, 0.1) is 10.7 Å². The molecule has 3 N–H and O–H groups in total. The Balaban J connectivity index is 2.13. The highest BCUT2D eigenvalue weighted by Gasteiger charge is 2.48. The molecule has 2 amide bonds. The van der Waals surface area contributed by atoms with Gasteiger partial charge in [-0.1, -0.05) is 11.6 Å². The lowest BCUT2D eigenvalue weighted by Crippen LogP contribution is -2.55. The molecule has 0 spiro atoms. The third-order valence-electron chi connectivity index (χ3n) is 3.46. The molecule has 8 heteroatoms. The smallest absolute Gasteiger partial charge is 0.329 e. The van der Waals surface area contributed by atoms with E-state index in [9.17, 15) is 23.5 Å². The first-order valence-electron chi connectivity index (χ1n) is 6.21. The van der Waals surface area contributed by atoms with Crippen molar-refractivity contribution in [1.82, 2.24) is 5.32 Å². The highest BCUT2D eigenvalue weighted by molar-refractivity contribution is 6.33. The second kappa shape index (κ2) is 5.48. The van der Waals surface area contributed by atoms with Crippen molar-refractivity contribution in [3.63, 3.8) is 0 Å². The number of hydrogen-bond acceptors (Lipinski definition) is 2. The largest absolute Gasteiger partial charge is 0.480 e. The van der Waals surface area contributed by atoms with E-state index in [0.29, 0.717) is 18.9 Å². The van der Waals surface area contributed by atoms with Gasteiger partial charge in [-0.05, 0) is 31.7 Å². The summed E-state index contributed by atoms with van der Waals surface area (Å²) in [5.41, 5.74) is -1.84. The summed E-state index contributed by atoms with van der Waals surface area (Å²) >= 11 is 5.65. The zero-order chi connectivity index (χ0) is 15.8. The monoisotopic (exact) mass is 318 g/mol. The van der Waals surface area contributed by atoms with E-state index in [1.54, 1.807) is 0 Å². The van der Waals surface area contributed by atoms with E-state index >= 15 is 0 Å². The first kappa shape index (κ1) is 15.5. The van der Waals surface area contributed by atoms with Gasteiger partial charge in [-0.15, -0.1) is 0 Å². The standard InChI is InChI=1S/C13H13ClF2N2O3/c1-13(11(19)20,6-2-3-6)18-12(21)17-10-8(14)4-7(15)5-9(10)16/h4-6H,2-3H2,1H3,(H,19,20)(H2,17,18,21). The van der Waals surface area contributed by atoms with Crippen molar-refractivity contribution in [2.24, 2.45) is 5.92 Å². The van der Waals surface area contributed by atoms with Gasteiger partial charge in [-0.3, -0.25) is 0 Å². The average molecular weight is 319 g/mol. The topological polar surface area (TPSA) is 78.4 Å². The molecule has 0 aliphatic heterocycles. The van der Waals surface area contributed by atoms with Crippen molar-refractivity contribution in [2.75, 3.05) is 5.32 Å². The number of carbonyl (C=O) groups is 2. The molecule has 1 atom stereocenters. The molecular formula is C13H13ClF2N2O3. The Bertz CT molecular complexity index is 584. The number of anilines is 1. The number of urea groups is 1. The number of carboxylic acid groups (broad SMARTS) is 1. The van der Waals surface area contributed by atoms with Crippen LogP contribution in [-0.2, 0) is 4.79 Å². The van der Waals surface area contributed by atoms with Crippen LogP contribution in [0.25, 0.3) is 0 Å². The maximum atomic E-state index is 13.6. The maximum Gasteiger partial charge on any atom is 0.329 e. The van der Waals surface area contributed by atoms with E-state index in [4.69, 9.17) is 11.6 Å². The number of carboxylic acids is 1. The summed E-state index contributed by atoms with van der Waals surface area (Å²) in [6.45, 7) is 1.38. The number of rotatable bonds is 4. The van der Waals surface area contributed by atoms with E-state index in [0.717, 1.165) is 6.07 Å². The zero-order valence-electron chi connectivity index (χ0n) is 11.0. The predicted octanol–water partition coefficient (Wildman–Crippen LogP) is 2.99. The number of carbonyl (C=O) groups excluding carboxylic acids is 1.